The first-order valence-electron chi connectivity index (χ1n) is 14.7. The number of ether oxygens (including phenoxy) is 1. The van der Waals surface area contributed by atoms with Gasteiger partial charge < -0.3 is 4.74 Å². The van der Waals surface area contributed by atoms with Gasteiger partial charge in [-0.15, -0.1) is 0 Å². The number of pyridine rings is 1. The van der Waals surface area contributed by atoms with E-state index in [1.165, 1.54) is 6.92 Å². The van der Waals surface area contributed by atoms with Gasteiger partial charge in [0.25, 0.3) is 0 Å². The molecule has 1 aromatic rings. The Balaban J connectivity index is 1.60. The van der Waals surface area contributed by atoms with Gasteiger partial charge in [-0.2, -0.15) is 0 Å². The van der Waals surface area contributed by atoms with Crippen LogP contribution in [0, 0.1) is 28.6 Å². The molecule has 0 spiro atoms. The van der Waals surface area contributed by atoms with Crippen molar-refractivity contribution in [2.45, 2.75) is 71.8 Å². The van der Waals surface area contributed by atoms with Gasteiger partial charge in [-0.05, 0) is 84.2 Å². The molecule has 2 fully saturated rings. The van der Waals surface area contributed by atoms with E-state index in [9.17, 15) is 4.79 Å². The van der Waals surface area contributed by atoms with Crippen LogP contribution >= 0.6 is 0 Å². The van der Waals surface area contributed by atoms with Crippen LogP contribution in [0.1, 0.15) is 82.2 Å². The third-order valence-corrected chi connectivity index (χ3v) is 8.06. The van der Waals surface area contributed by atoms with Crippen molar-refractivity contribution in [3.8, 4) is 0 Å². The van der Waals surface area contributed by atoms with Gasteiger partial charge in [-0.3, -0.25) is 9.78 Å². The number of allylic oxidation sites excluding steroid dienone is 3. The van der Waals surface area contributed by atoms with E-state index in [-0.39, 0.29) is 58.7 Å². The largest absolute Gasteiger partial charge is 0.462 e. The first-order chi connectivity index (χ1) is 17.1. The highest BCUT2D eigenvalue weighted by Gasteiger charge is 2.56. The molecule has 1 aromatic heterocycles. The third kappa shape index (κ3) is 2.92. The Morgan fingerprint density at radius 2 is 2.07 bits per heavy atom. The molecule has 3 nitrogen and oxygen atoms in total. The number of rotatable bonds is 2. The summed E-state index contributed by atoms with van der Waals surface area (Å²) >= 11 is 0. The van der Waals surface area contributed by atoms with Crippen LogP contribution in [0.5, 0.6) is 0 Å². The SMILES string of the molecule is [2H]C1=C2C[C@@H](OC(C)=O)CC[C@]2(C)C2CC[C@]3(C)C(c4c([2H])nc([2H])c([2H])c4[2H])=C([2H])C([2H])([2H])C3C2C1. The molecule has 3 heteroatoms. The molecule has 1 heterocycles. The average Bonchev–Trinajstić information content (AvgIpc) is 2.95. The molecule has 6 atom stereocenters. The van der Waals surface area contributed by atoms with E-state index in [0.29, 0.717) is 31.7 Å². The number of carbonyl (C=O) groups is 1. The molecule has 3 unspecified atom stereocenters. The molecule has 0 aliphatic heterocycles. The Labute approximate surface area is 185 Å². The lowest BCUT2D eigenvalue weighted by molar-refractivity contribution is -0.148. The molecule has 0 saturated heterocycles. The highest BCUT2D eigenvalue weighted by atomic mass is 16.5. The molecule has 4 aliphatic carbocycles. The Bertz CT molecular complexity index is 1260. The van der Waals surface area contributed by atoms with Crippen LogP contribution in [0.4, 0.5) is 0 Å². The quantitative estimate of drug-likeness (QED) is 0.454. The maximum absolute atomic E-state index is 11.6. The monoisotopic (exact) mass is 399 g/mol. The van der Waals surface area contributed by atoms with Crippen molar-refractivity contribution in [2.75, 3.05) is 0 Å². The average molecular weight is 400 g/mol. The van der Waals surface area contributed by atoms with E-state index in [2.05, 4.69) is 11.9 Å². The van der Waals surface area contributed by atoms with Crippen LogP contribution in [0.25, 0.3) is 5.57 Å². The lowest BCUT2D eigenvalue weighted by Gasteiger charge is -2.57. The predicted molar refractivity (Wildman–Crippen MR) is 115 cm³/mol. The van der Waals surface area contributed by atoms with Crippen molar-refractivity contribution >= 4 is 11.5 Å². The molecule has 154 valence electrons. The minimum atomic E-state index is -2.04. The lowest BCUT2D eigenvalue weighted by Crippen LogP contribution is -2.50. The summed E-state index contributed by atoms with van der Waals surface area (Å²) in [7, 11) is 0. The first kappa shape index (κ1) is 12.1. The lowest BCUT2D eigenvalue weighted by atomic mass is 9.47. The van der Waals surface area contributed by atoms with Crippen molar-refractivity contribution in [3.05, 3.63) is 47.7 Å². The van der Waals surface area contributed by atoms with E-state index in [1.54, 1.807) is 0 Å². The fourth-order valence-corrected chi connectivity index (χ4v) is 6.55. The molecule has 4 aliphatic rings. The van der Waals surface area contributed by atoms with Crippen molar-refractivity contribution in [3.63, 3.8) is 0 Å². The Kier molecular flexibility index (Phi) is 2.84. The van der Waals surface area contributed by atoms with Gasteiger partial charge >= 0.3 is 5.97 Å². The van der Waals surface area contributed by atoms with E-state index in [1.807, 2.05) is 6.92 Å². The molecule has 0 N–H and O–H groups in total. The van der Waals surface area contributed by atoms with Gasteiger partial charge in [-0.25, -0.2) is 0 Å². The maximum atomic E-state index is 11.6. The van der Waals surface area contributed by atoms with Crippen LogP contribution in [0.2, 0.25) is 0 Å². The van der Waals surface area contributed by atoms with Gasteiger partial charge in [-0.1, -0.05) is 37.6 Å². The summed E-state index contributed by atoms with van der Waals surface area (Å²) in [4.78, 5) is 15.4. The van der Waals surface area contributed by atoms with Crippen LogP contribution in [0.15, 0.2) is 42.1 Å². The van der Waals surface area contributed by atoms with Gasteiger partial charge in [0.15, 0.2) is 0 Å². The maximum Gasteiger partial charge on any atom is 0.302 e. The van der Waals surface area contributed by atoms with Crippen LogP contribution < -0.4 is 0 Å². The highest BCUT2D eigenvalue weighted by Crippen LogP contribution is 2.66. The van der Waals surface area contributed by atoms with Gasteiger partial charge in [0.1, 0.15) is 6.10 Å². The second-order valence-corrected chi connectivity index (χ2v) is 9.56. The summed E-state index contributed by atoms with van der Waals surface area (Å²) in [5, 5.41) is 0. The predicted octanol–water partition coefficient (Wildman–Crippen LogP) is 5.97. The number of hydrogen-bond donors (Lipinski definition) is 0. The molecule has 2 saturated carbocycles. The number of hydrogen-bond acceptors (Lipinski definition) is 3. The number of fused-ring (bicyclic) bond motifs is 5. The molecule has 0 amide bonds. The van der Waals surface area contributed by atoms with E-state index in [4.69, 9.17) is 15.7 Å². The molecular formula is C26H33NO2. The Morgan fingerprint density at radius 3 is 2.90 bits per heavy atom. The molecule has 29 heavy (non-hydrogen) atoms. The molecular weight excluding hydrogens is 358 g/mol. The summed E-state index contributed by atoms with van der Waals surface area (Å²) in [6.07, 6.45) is 0.510. The summed E-state index contributed by atoms with van der Waals surface area (Å²) in [5.41, 5.74) is 0.0760. The smallest absolute Gasteiger partial charge is 0.302 e. The normalized spacial score (nSPS) is 47.1. The van der Waals surface area contributed by atoms with Gasteiger partial charge in [0.05, 0.1) is 8.22 Å². The zero-order valence-electron chi connectivity index (χ0n) is 25.3. The second kappa shape index (κ2) is 6.82. The van der Waals surface area contributed by atoms with Crippen molar-refractivity contribution < 1.29 is 20.5 Å². The standard InChI is InChI=1S/C26H33NO2/c1-17(28)29-20-10-12-25(2)19(15-20)6-7-21-23-9-8-22(18-5-4-14-27-16-18)26(23,3)13-11-24(21)25/h4-6,8,14,16,20-21,23-24H,7,9-13,15H2,1-3H3/t20-,21?,23?,24?,25-,26+/m0/s1/i4D,5D,6D,8D,9D2,14D,16D. The summed E-state index contributed by atoms with van der Waals surface area (Å²) in [5.74, 6) is -1.06. The van der Waals surface area contributed by atoms with Gasteiger partial charge in [0, 0.05) is 28.4 Å². The van der Waals surface area contributed by atoms with Crippen molar-refractivity contribution in [2.24, 2.45) is 28.6 Å². The minimum absolute atomic E-state index is 0.00966. The number of aromatic nitrogens is 1. The zero-order valence-corrected chi connectivity index (χ0v) is 17.3. The first-order valence-corrected chi connectivity index (χ1v) is 10.7. The van der Waals surface area contributed by atoms with Crippen molar-refractivity contribution in [1.29, 1.82) is 0 Å². The van der Waals surface area contributed by atoms with E-state index < -0.39 is 29.9 Å². The highest BCUT2D eigenvalue weighted by molar-refractivity contribution is 5.72. The van der Waals surface area contributed by atoms with E-state index >= 15 is 0 Å². The van der Waals surface area contributed by atoms with Crippen LogP contribution in [-0.2, 0) is 9.53 Å². The fraction of sp³-hybridized carbons (Fsp3) is 0.615. The van der Waals surface area contributed by atoms with Crippen molar-refractivity contribution in [1.82, 2.24) is 4.98 Å². The van der Waals surface area contributed by atoms with Crippen LogP contribution in [-0.4, -0.2) is 17.1 Å². The minimum Gasteiger partial charge on any atom is -0.462 e. The summed E-state index contributed by atoms with van der Waals surface area (Å²) < 4.78 is 74.5. The summed E-state index contributed by atoms with van der Waals surface area (Å²) in [6.45, 7) is 5.46. The van der Waals surface area contributed by atoms with E-state index in [0.717, 1.165) is 18.4 Å². The molecule has 0 aromatic carbocycles. The number of esters is 1. The summed E-state index contributed by atoms with van der Waals surface area (Å²) in [6, 6.07) is -0.584. The molecule has 0 radical (unpaired) electrons. The zero-order chi connectivity index (χ0) is 27.2. The second-order valence-electron chi connectivity index (χ2n) is 9.56. The number of nitrogens with zero attached hydrogens (tertiary/aromatic N) is 1. The number of carbonyl (C=O) groups excluding carboxylic acids is 1. The van der Waals surface area contributed by atoms with Crippen LogP contribution in [0.3, 0.4) is 0 Å². The van der Waals surface area contributed by atoms with Gasteiger partial charge in [0.2, 0.25) is 0 Å². The Morgan fingerprint density at radius 1 is 1.24 bits per heavy atom. The topological polar surface area (TPSA) is 39.2 Å². The fourth-order valence-electron chi connectivity index (χ4n) is 6.55. The third-order valence-electron chi connectivity index (χ3n) is 8.06. The molecule has 0 bridgehead atoms. The Hall–Kier alpha value is -1.90. The molecule has 5 rings (SSSR count).